The maximum Gasteiger partial charge on any atom is 0.236 e. The molecular formula is C23H26ClFN3O3S2. The second kappa shape index (κ2) is 9.00. The minimum Gasteiger partial charge on any atom is -0.488 e. The Labute approximate surface area is 202 Å². The van der Waals surface area contributed by atoms with Gasteiger partial charge in [-0.2, -0.15) is 5.10 Å². The Balaban J connectivity index is 1.63. The monoisotopic (exact) mass is 510 g/mol. The Hall–Kier alpha value is -1.97. The summed E-state index contributed by atoms with van der Waals surface area (Å²) in [5, 5.41) is 4.29. The van der Waals surface area contributed by atoms with E-state index in [0.29, 0.717) is 4.88 Å². The normalized spacial score (nSPS) is 19.6. The van der Waals surface area contributed by atoms with Crippen molar-refractivity contribution in [1.29, 1.82) is 0 Å². The summed E-state index contributed by atoms with van der Waals surface area (Å²) in [7, 11) is -2.30. The summed E-state index contributed by atoms with van der Waals surface area (Å²) in [5.74, 6) is -0.696. The van der Waals surface area contributed by atoms with Crippen LogP contribution in [0.25, 0.3) is 0 Å². The Morgan fingerprint density at radius 2 is 2.00 bits per heavy atom. The number of nitrogens with zero attached hydrogens (tertiary/aromatic N) is 3. The van der Waals surface area contributed by atoms with Gasteiger partial charge in [0.05, 0.1) is 5.02 Å². The maximum atomic E-state index is 15.1. The van der Waals surface area contributed by atoms with Crippen molar-refractivity contribution in [2.24, 2.45) is 7.05 Å². The molecule has 0 bridgehead atoms. The van der Waals surface area contributed by atoms with Gasteiger partial charge in [0.15, 0.2) is 0 Å². The summed E-state index contributed by atoms with van der Waals surface area (Å²) in [5.41, 5.74) is 0.731. The fourth-order valence-electron chi connectivity index (χ4n) is 4.05. The Kier molecular flexibility index (Phi) is 6.59. The van der Waals surface area contributed by atoms with Crippen molar-refractivity contribution in [1.82, 2.24) is 14.8 Å². The molecule has 2 heterocycles. The predicted molar refractivity (Wildman–Crippen MR) is 125 cm³/mol. The van der Waals surface area contributed by atoms with Crippen LogP contribution in [0.2, 0.25) is 5.02 Å². The second-order valence-corrected chi connectivity index (χ2v) is 12.8. The molecule has 1 saturated carbocycles. The third-order valence-corrected chi connectivity index (χ3v) is 9.66. The number of aryl methyl sites for hydroxylation is 1. The van der Waals surface area contributed by atoms with Gasteiger partial charge in [0.1, 0.15) is 28.8 Å². The lowest BCUT2D eigenvalue weighted by Gasteiger charge is -2.32. The molecule has 1 radical (unpaired) electrons. The molecule has 1 aliphatic carbocycles. The number of hydrogen-bond acceptors (Lipinski definition) is 6. The minimum absolute atomic E-state index is 0.0425. The molecule has 6 nitrogen and oxygen atoms in total. The summed E-state index contributed by atoms with van der Waals surface area (Å²) < 4.78 is 49.0. The molecule has 0 aliphatic heterocycles. The van der Waals surface area contributed by atoms with E-state index in [-0.39, 0.29) is 32.5 Å². The van der Waals surface area contributed by atoms with E-state index >= 15 is 4.39 Å². The van der Waals surface area contributed by atoms with Crippen molar-refractivity contribution >= 4 is 32.8 Å². The van der Waals surface area contributed by atoms with Crippen LogP contribution in [0.1, 0.15) is 62.9 Å². The molecule has 1 aliphatic rings. The number of thiazole rings is 1. The van der Waals surface area contributed by atoms with E-state index in [2.05, 4.69) is 16.3 Å². The number of halogens is 2. The second-order valence-electron chi connectivity index (χ2n) is 9.31. The molecule has 2 aromatic heterocycles. The Morgan fingerprint density at radius 3 is 2.64 bits per heavy atom. The van der Waals surface area contributed by atoms with Gasteiger partial charge in [0.25, 0.3) is 0 Å². The van der Waals surface area contributed by atoms with E-state index < -0.39 is 20.5 Å². The van der Waals surface area contributed by atoms with Crippen LogP contribution in [-0.4, -0.2) is 29.3 Å². The molecule has 1 aromatic carbocycles. The molecule has 0 amide bonds. The highest BCUT2D eigenvalue weighted by molar-refractivity contribution is 7.93. The Bertz CT molecular complexity index is 1260. The van der Waals surface area contributed by atoms with Crippen LogP contribution in [-0.2, 0) is 22.3 Å². The SMILES string of the molecule is Cn1nccc1[C@H]1CCCC[C@@H]1Oc1cc(F)c(S(=O)(=O)c2n[c]c(C(C)(C)C)s2)cc1Cl. The van der Waals surface area contributed by atoms with Crippen LogP contribution in [0.4, 0.5) is 4.39 Å². The quantitative estimate of drug-likeness (QED) is 0.440. The third kappa shape index (κ3) is 4.81. The van der Waals surface area contributed by atoms with Crippen LogP contribution in [0.15, 0.2) is 33.6 Å². The van der Waals surface area contributed by atoms with Crippen molar-refractivity contribution < 1.29 is 17.5 Å². The number of ether oxygens (including phenoxy) is 1. The average Bonchev–Trinajstić information content (AvgIpc) is 3.40. The molecule has 3 aromatic rings. The zero-order chi connectivity index (χ0) is 24.0. The molecule has 4 rings (SSSR count). The highest BCUT2D eigenvalue weighted by atomic mass is 35.5. The molecule has 33 heavy (non-hydrogen) atoms. The lowest BCUT2D eigenvalue weighted by molar-refractivity contribution is 0.126. The zero-order valence-electron chi connectivity index (χ0n) is 18.9. The van der Waals surface area contributed by atoms with Gasteiger partial charge in [-0.05, 0) is 36.8 Å². The van der Waals surface area contributed by atoms with E-state index in [0.717, 1.165) is 54.8 Å². The average molecular weight is 511 g/mol. The summed E-state index contributed by atoms with van der Waals surface area (Å²) in [6.45, 7) is 5.79. The predicted octanol–water partition coefficient (Wildman–Crippen LogP) is 5.70. The van der Waals surface area contributed by atoms with Gasteiger partial charge in [0, 0.05) is 35.8 Å². The maximum absolute atomic E-state index is 15.1. The minimum atomic E-state index is -4.18. The fraction of sp³-hybridized carbons (Fsp3) is 0.478. The summed E-state index contributed by atoms with van der Waals surface area (Å²) in [4.78, 5) is 4.07. The van der Waals surface area contributed by atoms with E-state index in [4.69, 9.17) is 16.3 Å². The van der Waals surface area contributed by atoms with E-state index in [9.17, 15) is 8.42 Å². The number of benzene rings is 1. The van der Waals surface area contributed by atoms with Crippen molar-refractivity contribution in [2.75, 3.05) is 0 Å². The van der Waals surface area contributed by atoms with Crippen LogP contribution in [0, 0.1) is 12.0 Å². The third-order valence-electron chi connectivity index (χ3n) is 5.84. The summed E-state index contributed by atoms with van der Waals surface area (Å²) in [6, 6.07) is 4.13. The van der Waals surface area contributed by atoms with Crippen LogP contribution in [0.3, 0.4) is 0 Å². The van der Waals surface area contributed by atoms with Gasteiger partial charge in [-0.1, -0.05) is 38.8 Å². The van der Waals surface area contributed by atoms with E-state index in [1.807, 2.05) is 38.6 Å². The van der Waals surface area contributed by atoms with Crippen LogP contribution >= 0.6 is 22.9 Å². The number of hydrogen-bond donors (Lipinski definition) is 0. The smallest absolute Gasteiger partial charge is 0.236 e. The molecule has 0 saturated heterocycles. The zero-order valence-corrected chi connectivity index (χ0v) is 21.3. The molecule has 1 fully saturated rings. The molecule has 2 atom stereocenters. The first-order valence-electron chi connectivity index (χ1n) is 10.8. The van der Waals surface area contributed by atoms with Gasteiger partial charge in [-0.15, -0.1) is 11.3 Å². The standard InChI is InChI=1S/C23H26ClFN3O3S2/c1-23(2,3)21-13-26-22(32-21)33(29,30)20-11-15(24)19(12-16(20)25)31-18-8-6-5-7-14(18)17-9-10-27-28(17)4/h9-12,14,18H,5-8H2,1-4H3/t14-,18+/m1/s1. The topological polar surface area (TPSA) is 74.1 Å². The lowest BCUT2D eigenvalue weighted by Crippen LogP contribution is -2.30. The lowest BCUT2D eigenvalue weighted by atomic mass is 9.84. The van der Waals surface area contributed by atoms with E-state index in [1.165, 1.54) is 0 Å². The molecule has 10 heteroatoms. The van der Waals surface area contributed by atoms with Gasteiger partial charge in [-0.3, -0.25) is 4.68 Å². The van der Waals surface area contributed by atoms with Gasteiger partial charge in [0.2, 0.25) is 14.2 Å². The van der Waals surface area contributed by atoms with Crippen molar-refractivity contribution in [3.63, 3.8) is 0 Å². The fourth-order valence-corrected chi connectivity index (χ4v) is 6.89. The van der Waals surface area contributed by atoms with Crippen molar-refractivity contribution in [3.05, 3.63) is 52.0 Å². The van der Waals surface area contributed by atoms with Crippen molar-refractivity contribution in [2.45, 2.75) is 73.1 Å². The molecule has 0 N–H and O–H groups in total. The first kappa shape index (κ1) is 24.2. The summed E-state index contributed by atoms with van der Waals surface area (Å²) >= 11 is 7.38. The number of aromatic nitrogens is 3. The molecule has 177 valence electrons. The van der Waals surface area contributed by atoms with E-state index in [1.54, 1.807) is 6.20 Å². The van der Waals surface area contributed by atoms with Crippen LogP contribution in [0.5, 0.6) is 5.75 Å². The highest BCUT2D eigenvalue weighted by Crippen LogP contribution is 2.40. The van der Waals surface area contributed by atoms with Gasteiger partial charge in [-0.25, -0.2) is 17.8 Å². The van der Waals surface area contributed by atoms with Gasteiger partial charge >= 0.3 is 0 Å². The highest BCUT2D eigenvalue weighted by Gasteiger charge is 2.33. The Morgan fingerprint density at radius 1 is 1.27 bits per heavy atom. The number of rotatable bonds is 5. The largest absolute Gasteiger partial charge is 0.488 e. The first-order chi connectivity index (χ1) is 15.5. The number of sulfone groups is 1. The van der Waals surface area contributed by atoms with Crippen molar-refractivity contribution in [3.8, 4) is 5.75 Å². The summed E-state index contributed by atoms with van der Waals surface area (Å²) in [6.07, 6.45) is 8.05. The first-order valence-corrected chi connectivity index (χ1v) is 13.4. The molecular weight excluding hydrogens is 485 g/mol. The molecule has 0 spiro atoms. The van der Waals surface area contributed by atoms with Gasteiger partial charge < -0.3 is 4.74 Å². The van der Waals surface area contributed by atoms with Crippen LogP contribution < -0.4 is 4.74 Å². The molecule has 0 unspecified atom stereocenters.